The van der Waals surface area contributed by atoms with E-state index in [2.05, 4.69) is 6.92 Å². The molecule has 66 valence electrons. The fraction of sp³-hybridized carbons (Fsp3) is 0.875. The van der Waals surface area contributed by atoms with Gasteiger partial charge in [-0.3, -0.25) is 0 Å². The van der Waals surface area contributed by atoms with Crippen LogP contribution in [0.2, 0.25) is 0 Å². The fourth-order valence-corrected chi connectivity index (χ4v) is 0.683. The molecular weight excluding hydrogens is 144 g/mol. The van der Waals surface area contributed by atoms with E-state index < -0.39 is 12.1 Å². The molecule has 0 rings (SSSR count). The molecule has 0 bridgehead atoms. The largest absolute Gasteiger partial charge is 0.479 e. The van der Waals surface area contributed by atoms with Gasteiger partial charge in [-0.15, -0.1) is 0 Å². The van der Waals surface area contributed by atoms with Gasteiger partial charge in [-0.1, -0.05) is 19.8 Å². The third-order valence-electron chi connectivity index (χ3n) is 1.46. The number of carboxylic acids is 1. The number of hydrogen-bond acceptors (Lipinski definition) is 2. The summed E-state index contributed by atoms with van der Waals surface area (Å²) < 4.78 is 5.01. The number of rotatable bonds is 6. The SMILES string of the molecule is CCCCCOC(C)C(=O)O. The second-order valence-corrected chi connectivity index (χ2v) is 2.56. The van der Waals surface area contributed by atoms with Crippen molar-refractivity contribution >= 4 is 5.97 Å². The maximum absolute atomic E-state index is 10.2. The number of carbonyl (C=O) groups is 1. The quantitative estimate of drug-likeness (QED) is 0.601. The van der Waals surface area contributed by atoms with Crippen molar-refractivity contribution in [3.63, 3.8) is 0 Å². The molecule has 3 nitrogen and oxygen atoms in total. The molecule has 0 aromatic rings. The predicted molar refractivity (Wildman–Crippen MR) is 42.6 cm³/mol. The van der Waals surface area contributed by atoms with Crippen LogP contribution in [0.25, 0.3) is 0 Å². The molecule has 1 atom stereocenters. The molecular formula is C8H16O3. The zero-order chi connectivity index (χ0) is 8.69. The summed E-state index contributed by atoms with van der Waals surface area (Å²) in [5.74, 6) is -0.888. The van der Waals surface area contributed by atoms with Crippen LogP contribution in [0.1, 0.15) is 33.1 Å². The van der Waals surface area contributed by atoms with Crippen molar-refractivity contribution in [1.82, 2.24) is 0 Å². The molecule has 0 heterocycles. The van der Waals surface area contributed by atoms with Crippen molar-refractivity contribution in [3.05, 3.63) is 0 Å². The predicted octanol–water partition coefficient (Wildman–Crippen LogP) is 1.67. The van der Waals surface area contributed by atoms with Crippen LogP contribution < -0.4 is 0 Å². The standard InChI is InChI=1S/C8H16O3/c1-3-4-5-6-11-7(2)8(9)10/h7H,3-6H2,1-2H3,(H,9,10). The molecule has 0 spiro atoms. The summed E-state index contributed by atoms with van der Waals surface area (Å²) in [4.78, 5) is 10.2. The minimum atomic E-state index is -0.888. The summed E-state index contributed by atoms with van der Waals surface area (Å²) in [6.45, 7) is 4.20. The Kier molecular flexibility index (Phi) is 5.84. The van der Waals surface area contributed by atoms with E-state index in [0.29, 0.717) is 6.61 Å². The molecule has 0 aromatic carbocycles. The highest BCUT2D eigenvalue weighted by atomic mass is 16.5. The summed E-state index contributed by atoms with van der Waals surface area (Å²) in [6, 6.07) is 0. The molecule has 1 N–H and O–H groups in total. The Labute approximate surface area is 67.4 Å². The van der Waals surface area contributed by atoms with Crippen molar-refractivity contribution < 1.29 is 14.6 Å². The Morgan fingerprint density at radius 2 is 2.18 bits per heavy atom. The molecule has 0 amide bonds. The average Bonchev–Trinajstić information content (AvgIpc) is 1.97. The molecule has 0 radical (unpaired) electrons. The van der Waals surface area contributed by atoms with E-state index in [9.17, 15) is 4.79 Å². The van der Waals surface area contributed by atoms with Gasteiger partial charge in [-0.25, -0.2) is 4.79 Å². The minimum Gasteiger partial charge on any atom is -0.479 e. The average molecular weight is 160 g/mol. The Balaban J connectivity index is 3.17. The maximum Gasteiger partial charge on any atom is 0.332 e. The van der Waals surface area contributed by atoms with Crippen LogP contribution in [-0.4, -0.2) is 23.8 Å². The van der Waals surface area contributed by atoms with Crippen molar-refractivity contribution in [2.24, 2.45) is 0 Å². The van der Waals surface area contributed by atoms with E-state index in [4.69, 9.17) is 9.84 Å². The lowest BCUT2D eigenvalue weighted by Crippen LogP contribution is -2.20. The lowest BCUT2D eigenvalue weighted by Gasteiger charge is -2.06. The molecule has 0 saturated heterocycles. The van der Waals surface area contributed by atoms with E-state index >= 15 is 0 Å². The number of aliphatic carboxylic acids is 1. The number of hydrogen-bond donors (Lipinski definition) is 1. The van der Waals surface area contributed by atoms with Gasteiger partial charge in [-0.2, -0.15) is 0 Å². The second-order valence-electron chi connectivity index (χ2n) is 2.56. The van der Waals surface area contributed by atoms with Crippen LogP contribution in [0.15, 0.2) is 0 Å². The molecule has 0 aliphatic carbocycles. The zero-order valence-corrected chi connectivity index (χ0v) is 7.17. The Morgan fingerprint density at radius 3 is 2.64 bits per heavy atom. The summed E-state index contributed by atoms with van der Waals surface area (Å²) in [6.07, 6.45) is 2.53. The highest BCUT2D eigenvalue weighted by Gasteiger charge is 2.09. The van der Waals surface area contributed by atoms with E-state index in [1.165, 1.54) is 0 Å². The molecule has 11 heavy (non-hydrogen) atoms. The van der Waals surface area contributed by atoms with Gasteiger partial charge in [-0.05, 0) is 13.3 Å². The second kappa shape index (κ2) is 6.16. The fourth-order valence-electron chi connectivity index (χ4n) is 0.683. The third-order valence-corrected chi connectivity index (χ3v) is 1.46. The first-order valence-corrected chi connectivity index (χ1v) is 4.03. The zero-order valence-electron chi connectivity index (χ0n) is 7.17. The molecule has 0 fully saturated rings. The normalized spacial score (nSPS) is 12.9. The monoisotopic (exact) mass is 160 g/mol. The van der Waals surface area contributed by atoms with E-state index in [1.54, 1.807) is 6.92 Å². The van der Waals surface area contributed by atoms with E-state index in [0.717, 1.165) is 19.3 Å². The van der Waals surface area contributed by atoms with Gasteiger partial charge in [0.05, 0.1) is 0 Å². The van der Waals surface area contributed by atoms with Crippen LogP contribution >= 0.6 is 0 Å². The first-order chi connectivity index (χ1) is 5.18. The van der Waals surface area contributed by atoms with Crippen LogP contribution in [0, 0.1) is 0 Å². The smallest absolute Gasteiger partial charge is 0.332 e. The molecule has 0 aliphatic rings. The lowest BCUT2D eigenvalue weighted by molar-refractivity contribution is -0.149. The summed E-state index contributed by atoms with van der Waals surface area (Å²) in [5, 5.41) is 8.41. The number of unbranched alkanes of at least 4 members (excludes halogenated alkanes) is 2. The van der Waals surface area contributed by atoms with Gasteiger partial charge in [0.25, 0.3) is 0 Å². The third kappa shape index (κ3) is 5.85. The first kappa shape index (κ1) is 10.4. The topological polar surface area (TPSA) is 46.5 Å². The Morgan fingerprint density at radius 1 is 1.55 bits per heavy atom. The summed E-state index contributed by atoms with van der Waals surface area (Å²) in [7, 11) is 0. The van der Waals surface area contributed by atoms with Gasteiger partial charge in [0, 0.05) is 6.61 Å². The first-order valence-electron chi connectivity index (χ1n) is 4.03. The molecule has 0 aliphatic heterocycles. The summed E-state index contributed by atoms with van der Waals surface area (Å²) >= 11 is 0. The minimum absolute atomic E-state index is 0.557. The van der Waals surface area contributed by atoms with Crippen LogP contribution in [0.5, 0.6) is 0 Å². The van der Waals surface area contributed by atoms with E-state index in [-0.39, 0.29) is 0 Å². The Bertz CT molecular complexity index is 112. The van der Waals surface area contributed by atoms with Gasteiger partial charge in [0.15, 0.2) is 6.10 Å². The van der Waals surface area contributed by atoms with Gasteiger partial charge < -0.3 is 9.84 Å². The maximum atomic E-state index is 10.2. The van der Waals surface area contributed by atoms with Crippen LogP contribution in [0.3, 0.4) is 0 Å². The molecule has 3 heteroatoms. The van der Waals surface area contributed by atoms with Crippen molar-refractivity contribution in [1.29, 1.82) is 0 Å². The van der Waals surface area contributed by atoms with Gasteiger partial charge in [0.2, 0.25) is 0 Å². The highest BCUT2D eigenvalue weighted by Crippen LogP contribution is 1.97. The van der Waals surface area contributed by atoms with Gasteiger partial charge in [0.1, 0.15) is 0 Å². The number of ether oxygens (including phenoxy) is 1. The molecule has 0 saturated carbocycles. The molecule has 0 aromatic heterocycles. The van der Waals surface area contributed by atoms with Crippen LogP contribution in [-0.2, 0) is 9.53 Å². The van der Waals surface area contributed by atoms with Crippen molar-refractivity contribution in [2.45, 2.75) is 39.2 Å². The summed E-state index contributed by atoms with van der Waals surface area (Å²) in [5.41, 5.74) is 0. The lowest BCUT2D eigenvalue weighted by atomic mass is 10.3. The number of carboxylic acid groups (broad SMARTS) is 1. The highest BCUT2D eigenvalue weighted by molar-refractivity contribution is 5.71. The van der Waals surface area contributed by atoms with Crippen molar-refractivity contribution in [3.8, 4) is 0 Å². The van der Waals surface area contributed by atoms with Crippen molar-refractivity contribution in [2.75, 3.05) is 6.61 Å². The van der Waals surface area contributed by atoms with Crippen LogP contribution in [0.4, 0.5) is 0 Å². The Hall–Kier alpha value is -0.570. The van der Waals surface area contributed by atoms with Gasteiger partial charge >= 0.3 is 5.97 Å². The van der Waals surface area contributed by atoms with E-state index in [1.807, 2.05) is 0 Å². The molecule has 1 unspecified atom stereocenters.